The normalized spacial score (nSPS) is 23.3. The van der Waals surface area contributed by atoms with Crippen molar-refractivity contribution in [2.24, 2.45) is 11.8 Å². The van der Waals surface area contributed by atoms with E-state index < -0.39 is 0 Å². The fraction of sp³-hybridized carbons (Fsp3) is 0.364. The van der Waals surface area contributed by atoms with Crippen molar-refractivity contribution in [1.29, 1.82) is 0 Å². The number of allylic oxidation sites excluding steroid dienone is 1. The molecule has 2 atom stereocenters. The molecule has 2 aromatic heterocycles. The summed E-state index contributed by atoms with van der Waals surface area (Å²) in [7, 11) is 0. The number of amides is 1. The van der Waals surface area contributed by atoms with Gasteiger partial charge in [0.05, 0.1) is 0 Å². The van der Waals surface area contributed by atoms with Gasteiger partial charge in [-0.15, -0.1) is 0 Å². The number of nitrogens with one attached hydrogen (secondary N) is 1. The highest BCUT2D eigenvalue weighted by Gasteiger charge is 2.37. The number of nitrogens with zero attached hydrogens (tertiary/aromatic N) is 4. The first-order valence-corrected chi connectivity index (χ1v) is 9.92. The highest BCUT2D eigenvalue weighted by Crippen LogP contribution is 2.40. The summed E-state index contributed by atoms with van der Waals surface area (Å²) >= 11 is 0. The van der Waals surface area contributed by atoms with Gasteiger partial charge >= 0.3 is 0 Å². The van der Waals surface area contributed by atoms with Gasteiger partial charge in [-0.05, 0) is 59.9 Å². The van der Waals surface area contributed by atoms with Crippen LogP contribution in [0.4, 0.5) is 5.82 Å². The van der Waals surface area contributed by atoms with Gasteiger partial charge < -0.3 is 10.2 Å². The molecule has 1 fully saturated rings. The van der Waals surface area contributed by atoms with E-state index in [9.17, 15) is 4.79 Å². The van der Waals surface area contributed by atoms with Crippen LogP contribution in [0.15, 0.2) is 43.1 Å². The van der Waals surface area contributed by atoms with E-state index in [-0.39, 0.29) is 5.91 Å². The summed E-state index contributed by atoms with van der Waals surface area (Å²) in [5.74, 6) is 2.00. The van der Waals surface area contributed by atoms with Crippen molar-refractivity contribution < 1.29 is 4.79 Å². The Morgan fingerprint density at radius 1 is 1.21 bits per heavy atom. The second kappa shape index (κ2) is 7.19. The van der Waals surface area contributed by atoms with Gasteiger partial charge in [-0.25, -0.2) is 15.0 Å². The summed E-state index contributed by atoms with van der Waals surface area (Å²) in [5, 5.41) is 3.31. The molecule has 0 bridgehead atoms. The van der Waals surface area contributed by atoms with Gasteiger partial charge in [-0.3, -0.25) is 4.79 Å². The fourth-order valence-corrected chi connectivity index (χ4v) is 4.50. The standard InChI is InChI=1S/C22H23N5O/c28-21(4-3-15-6-16-2-1-5-25-22(16)26-9-15)27-12-18-7-17(8-19(18)13-27)20-10-23-14-24-11-20/h3-4,6-7,9-11,14,18-19H,1-2,5,8,12-13H2,(H,25,26)/b4-3+. The number of rotatable bonds is 3. The minimum Gasteiger partial charge on any atom is -0.370 e. The quantitative estimate of drug-likeness (QED) is 0.838. The fourth-order valence-electron chi connectivity index (χ4n) is 4.50. The summed E-state index contributed by atoms with van der Waals surface area (Å²) in [6.07, 6.45) is 16.2. The number of likely N-dealkylation sites (tertiary alicyclic amines) is 1. The zero-order valence-electron chi connectivity index (χ0n) is 15.7. The monoisotopic (exact) mass is 373 g/mol. The number of carbonyl (C=O) groups is 1. The van der Waals surface area contributed by atoms with Gasteiger partial charge in [0.25, 0.3) is 0 Å². The molecule has 2 unspecified atom stereocenters. The molecule has 1 amide bonds. The van der Waals surface area contributed by atoms with Crippen molar-refractivity contribution in [2.75, 3.05) is 25.0 Å². The number of pyridine rings is 1. The Morgan fingerprint density at radius 2 is 2.11 bits per heavy atom. The van der Waals surface area contributed by atoms with E-state index in [1.807, 2.05) is 29.6 Å². The maximum Gasteiger partial charge on any atom is 0.246 e. The van der Waals surface area contributed by atoms with Crippen molar-refractivity contribution in [3.63, 3.8) is 0 Å². The molecule has 1 N–H and O–H groups in total. The van der Waals surface area contributed by atoms with E-state index >= 15 is 0 Å². The molecule has 0 saturated carbocycles. The zero-order chi connectivity index (χ0) is 18.9. The summed E-state index contributed by atoms with van der Waals surface area (Å²) in [4.78, 5) is 27.3. The first-order valence-electron chi connectivity index (χ1n) is 9.92. The Bertz CT molecular complexity index is 953. The van der Waals surface area contributed by atoms with Gasteiger partial charge in [-0.1, -0.05) is 6.08 Å². The summed E-state index contributed by atoms with van der Waals surface area (Å²) < 4.78 is 0. The number of hydrogen-bond acceptors (Lipinski definition) is 5. The molecular weight excluding hydrogens is 350 g/mol. The SMILES string of the molecule is O=C(/C=C/c1cnc2c(c1)CCCN2)N1CC2C=C(c3cncnc3)CC2C1. The maximum absolute atomic E-state index is 12.7. The summed E-state index contributed by atoms with van der Waals surface area (Å²) in [5.41, 5.74) is 4.64. The van der Waals surface area contributed by atoms with E-state index in [1.165, 1.54) is 11.1 Å². The van der Waals surface area contributed by atoms with Gasteiger partial charge in [0.15, 0.2) is 0 Å². The van der Waals surface area contributed by atoms with Gasteiger partial charge in [0.1, 0.15) is 12.1 Å². The maximum atomic E-state index is 12.7. The molecule has 2 aromatic rings. The molecule has 2 aliphatic heterocycles. The van der Waals surface area contributed by atoms with E-state index in [0.29, 0.717) is 11.8 Å². The predicted molar refractivity (Wildman–Crippen MR) is 108 cm³/mol. The Morgan fingerprint density at radius 3 is 2.96 bits per heavy atom. The molecule has 0 spiro atoms. The number of anilines is 1. The topological polar surface area (TPSA) is 71.0 Å². The Hall–Kier alpha value is -3.02. The van der Waals surface area contributed by atoms with Crippen LogP contribution in [0.3, 0.4) is 0 Å². The van der Waals surface area contributed by atoms with Crippen LogP contribution in [-0.2, 0) is 11.2 Å². The second-order valence-corrected chi connectivity index (χ2v) is 7.83. The minimum atomic E-state index is 0.0863. The number of aromatic nitrogens is 3. The molecule has 6 nitrogen and oxygen atoms in total. The summed E-state index contributed by atoms with van der Waals surface area (Å²) in [6.45, 7) is 2.59. The van der Waals surface area contributed by atoms with Crippen LogP contribution in [0.5, 0.6) is 0 Å². The molecule has 28 heavy (non-hydrogen) atoms. The van der Waals surface area contributed by atoms with Crippen LogP contribution in [0.25, 0.3) is 11.6 Å². The van der Waals surface area contributed by atoms with Crippen molar-refractivity contribution in [3.8, 4) is 0 Å². The predicted octanol–water partition coefficient (Wildman–Crippen LogP) is 2.80. The number of carbonyl (C=O) groups excluding carboxylic acids is 1. The third-order valence-electron chi connectivity index (χ3n) is 5.95. The molecule has 5 rings (SSSR count). The first-order chi connectivity index (χ1) is 13.8. The lowest BCUT2D eigenvalue weighted by Crippen LogP contribution is -2.27. The zero-order valence-corrected chi connectivity index (χ0v) is 15.7. The number of aryl methyl sites for hydroxylation is 1. The minimum absolute atomic E-state index is 0.0863. The van der Waals surface area contributed by atoms with Crippen LogP contribution in [0.2, 0.25) is 0 Å². The Balaban J connectivity index is 1.23. The van der Waals surface area contributed by atoms with Crippen LogP contribution < -0.4 is 5.32 Å². The lowest BCUT2D eigenvalue weighted by molar-refractivity contribution is -0.125. The van der Waals surface area contributed by atoms with Crippen LogP contribution in [-0.4, -0.2) is 45.4 Å². The Labute approximate surface area is 164 Å². The van der Waals surface area contributed by atoms with E-state index in [4.69, 9.17) is 0 Å². The van der Waals surface area contributed by atoms with Crippen molar-refractivity contribution in [2.45, 2.75) is 19.3 Å². The van der Waals surface area contributed by atoms with E-state index in [0.717, 1.165) is 55.8 Å². The highest BCUT2D eigenvalue weighted by molar-refractivity contribution is 5.92. The van der Waals surface area contributed by atoms with Crippen molar-refractivity contribution in [1.82, 2.24) is 19.9 Å². The van der Waals surface area contributed by atoms with Gasteiger partial charge in [0, 0.05) is 49.9 Å². The lowest BCUT2D eigenvalue weighted by atomic mass is 9.99. The van der Waals surface area contributed by atoms with Crippen LogP contribution in [0, 0.1) is 11.8 Å². The molecule has 3 aliphatic rings. The number of hydrogen-bond donors (Lipinski definition) is 1. The highest BCUT2D eigenvalue weighted by atomic mass is 16.2. The molecule has 1 aliphatic carbocycles. The van der Waals surface area contributed by atoms with Crippen LogP contribution in [0.1, 0.15) is 29.5 Å². The average Bonchev–Trinajstić information content (AvgIpc) is 3.32. The summed E-state index contributed by atoms with van der Waals surface area (Å²) in [6, 6.07) is 2.13. The van der Waals surface area contributed by atoms with Crippen molar-refractivity contribution in [3.05, 3.63) is 59.8 Å². The molecular formula is C22H23N5O. The molecule has 1 saturated heterocycles. The van der Waals surface area contributed by atoms with Crippen LogP contribution >= 0.6 is 0 Å². The Kier molecular flexibility index (Phi) is 4.39. The van der Waals surface area contributed by atoms with E-state index in [2.05, 4.69) is 32.4 Å². The lowest BCUT2D eigenvalue weighted by Gasteiger charge is -2.17. The molecule has 6 heteroatoms. The smallest absolute Gasteiger partial charge is 0.246 e. The molecule has 142 valence electrons. The third-order valence-corrected chi connectivity index (χ3v) is 5.95. The average molecular weight is 373 g/mol. The molecule has 0 radical (unpaired) electrons. The third kappa shape index (κ3) is 3.30. The van der Waals surface area contributed by atoms with E-state index in [1.54, 1.807) is 12.4 Å². The van der Waals surface area contributed by atoms with Gasteiger partial charge in [-0.2, -0.15) is 0 Å². The second-order valence-electron chi connectivity index (χ2n) is 7.83. The largest absolute Gasteiger partial charge is 0.370 e. The van der Waals surface area contributed by atoms with Crippen molar-refractivity contribution >= 4 is 23.4 Å². The molecule has 0 aromatic carbocycles. The number of fused-ring (bicyclic) bond motifs is 2. The molecule has 4 heterocycles. The van der Waals surface area contributed by atoms with Gasteiger partial charge in [0.2, 0.25) is 5.91 Å². The first kappa shape index (κ1) is 17.1.